The van der Waals surface area contributed by atoms with Crippen LogP contribution in [0.3, 0.4) is 0 Å². The van der Waals surface area contributed by atoms with Crippen molar-refractivity contribution in [3.05, 3.63) is 207 Å². The van der Waals surface area contributed by atoms with Gasteiger partial charge in [-0.15, -0.1) is 0 Å². The van der Waals surface area contributed by atoms with Crippen molar-refractivity contribution >= 4 is 17.9 Å². The lowest BCUT2D eigenvalue weighted by Gasteiger charge is -2.25. The predicted molar refractivity (Wildman–Crippen MR) is 391 cm³/mol. The highest BCUT2D eigenvalue weighted by atomic mass is 16.7. The topological polar surface area (TPSA) is 108 Å². The molecule has 0 aromatic carbocycles. The number of allylic oxidation sites excluding steroid dienone is 34. The van der Waals surface area contributed by atoms with Crippen LogP contribution in [0.2, 0.25) is 0 Å². The Morgan fingerprint density at radius 2 is 0.593 bits per heavy atom. The molecule has 0 aliphatic rings. The molecule has 91 heavy (non-hydrogen) atoms. The highest BCUT2D eigenvalue weighted by molar-refractivity contribution is 5.71. The molecule has 0 bridgehead atoms. The minimum Gasteiger partial charge on any atom is -0.477 e. The summed E-state index contributed by atoms with van der Waals surface area (Å²) in [5, 5.41) is 9.75. The van der Waals surface area contributed by atoms with Gasteiger partial charge in [0.1, 0.15) is 13.2 Å². The fourth-order valence-electron chi connectivity index (χ4n) is 8.73. The number of hydrogen-bond donors (Lipinski definition) is 1. The summed E-state index contributed by atoms with van der Waals surface area (Å²) in [6.07, 6.45) is 106. The zero-order chi connectivity index (χ0) is 66.1. The minimum atomic E-state index is -1.54. The molecule has 0 rings (SSSR count). The van der Waals surface area contributed by atoms with E-state index in [1.807, 2.05) is 21.1 Å². The van der Waals surface area contributed by atoms with Gasteiger partial charge in [-0.25, -0.2) is 4.79 Å². The minimum absolute atomic E-state index is 0.168. The van der Waals surface area contributed by atoms with Crippen LogP contribution in [0.4, 0.5) is 0 Å². The van der Waals surface area contributed by atoms with E-state index in [0.717, 1.165) is 161 Å². The molecule has 0 amide bonds. The van der Waals surface area contributed by atoms with E-state index in [0.29, 0.717) is 17.4 Å². The summed E-state index contributed by atoms with van der Waals surface area (Å²) in [6, 6.07) is 0. The third-order valence-corrected chi connectivity index (χ3v) is 14.0. The number of likely N-dealkylation sites (N-methyl/N-ethyl adjacent to an activating group) is 1. The number of carbonyl (C=O) groups excluding carboxylic acids is 2. The Hall–Kier alpha value is -6.13. The van der Waals surface area contributed by atoms with Gasteiger partial charge in [-0.1, -0.05) is 278 Å². The van der Waals surface area contributed by atoms with Crippen molar-refractivity contribution in [1.29, 1.82) is 0 Å². The van der Waals surface area contributed by atoms with Crippen LogP contribution < -0.4 is 0 Å². The molecule has 9 heteroatoms. The zero-order valence-corrected chi connectivity index (χ0v) is 57.9. The number of quaternary nitrogens is 1. The van der Waals surface area contributed by atoms with E-state index in [4.69, 9.17) is 18.9 Å². The van der Waals surface area contributed by atoms with Crippen LogP contribution in [0, 0.1) is 0 Å². The first-order valence-corrected chi connectivity index (χ1v) is 35.2. The molecular weight excluding hydrogens is 1130 g/mol. The number of carboxylic acids is 1. The molecule has 0 aliphatic heterocycles. The molecule has 0 aromatic heterocycles. The summed E-state index contributed by atoms with van der Waals surface area (Å²) in [6.45, 7) is 4.58. The molecule has 0 aromatic rings. The second-order valence-corrected chi connectivity index (χ2v) is 23.7. The standard InChI is InChI=1S/C82H127NO8/c1-6-8-10-12-14-16-18-20-22-24-26-28-30-32-34-36-37-38-39-40-41-42-43-45-47-49-51-53-55-57-59-61-63-65-67-69-71-73-80(85)91-78(77-90-82(81(86)87)88-75-74-83(3,4)5)76-89-79(84)72-70-68-66-64-62-60-58-56-54-52-50-48-46-44-35-33-31-29-27-25-23-21-19-17-15-13-11-9-7-2/h8-11,14-17,20-23,26-29,32-35,37-38,40-41,43,45-46,48-49,51,55,57,61,63,78,82H,6-7,12-13,18-19,24-25,30-31,36,39,42,44,47,50,52-54,56,58-60,62,64-77H2,1-5H3/p+1/b10-8-,11-9-,16-14-,17-15-,22-20-,23-21-,28-26-,29-27-,34-32-,35-33-,38-37-,41-40-,45-43-,48-46-,51-49-,57-55-,63-61-. The van der Waals surface area contributed by atoms with E-state index in [1.54, 1.807) is 0 Å². The summed E-state index contributed by atoms with van der Waals surface area (Å²) in [4.78, 5) is 37.6. The Labute approximate surface area is 556 Å². The van der Waals surface area contributed by atoms with Crippen molar-refractivity contribution in [2.24, 2.45) is 0 Å². The maximum atomic E-state index is 12.9. The summed E-state index contributed by atoms with van der Waals surface area (Å²) >= 11 is 0. The summed E-state index contributed by atoms with van der Waals surface area (Å²) in [7, 11) is 5.95. The molecular formula is C82H128NO8+. The van der Waals surface area contributed by atoms with E-state index in [9.17, 15) is 19.5 Å². The molecule has 0 aliphatic carbocycles. The van der Waals surface area contributed by atoms with Gasteiger partial charge >= 0.3 is 17.9 Å². The molecule has 0 saturated carbocycles. The molecule has 1 N–H and O–H groups in total. The predicted octanol–water partition coefficient (Wildman–Crippen LogP) is 22.4. The molecule has 0 fully saturated rings. The molecule has 9 nitrogen and oxygen atoms in total. The Bertz CT molecular complexity index is 2250. The fourth-order valence-corrected chi connectivity index (χ4v) is 8.73. The Kier molecular flexibility index (Phi) is 65.1. The smallest absolute Gasteiger partial charge is 0.361 e. The summed E-state index contributed by atoms with van der Waals surface area (Å²) < 4.78 is 22.9. The van der Waals surface area contributed by atoms with Crippen LogP contribution >= 0.6 is 0 Å². The third-order valence-electron chi connectivity index (χ3n) is 14.0. The maximum absolute atomic E-state index is 12.9. The molecule has 2 atom stereocenters. The van der Waals surface area contributed by atoms with Gasteiger partial charge in [-0.05, 0) is 148 Å². The zero-order valence-electron chi connectivity index (χ0n) is 57.9. The SMILES string of the molecule is CC/C=C\C/C=C\C/C=C\C/C=C\C/C=C\C/C=C\C/C=C\C/C=C\C/C=C\C/C=C\C/C=C\CCCCCC(=O)OC(COC(=O)CCCCCCCCCCCC/C=C\C/C=C\C/C=C\C/C=C\C/C=C\C/C=C\CC)COC(OCC[N+](C)(C)C)C(=O)O. The molecule has 0 radical (unpaired) electrons. The van der Waals surface area contributed by atoms with Crippen molar-refractivity contribution in [1.82, 2.24) is 0 Å². The number of aliphatic carboxylic acids is 1. The normalized spacial score (nSPS) is 14.0. The van der Waals surface area contributed by atoms with Gasteiger partial charge in [0.05, 0.1) is 34.4 Å². The number of carbonyl (C=O) groups is 3. The van der Waals surface area contributed by atoms with Crippen molar-refractivity contribution in [2.75, 3.05) is 47.5 Å². The molecule has 508 valence electrons. The molecule has 2 unspecified atom stereocenters. The highest BCUT2D eigenvalue weighted by Gasteiger charge is 2.25. The average molecular weight is 1260 g/mol. The lowest BCUT2D eigenvalue weighted by atomic mass is 10.1. The van der Waals surface area contributed by atoms with E-state index >= 15 is 0 Å². The van der Waals surface area contributed by atoms with Crippen LogP contribution in [0.1, 0.15) is 232 Å². The Morgan fingerprint density at radius 1 is 0.330 bits per heavy atom. The lowest BCUT2D eigenvalue weighted by molar-refractivity contribution is -0.870. The van der Waals surface area contributed by atoms with Crippen LogP contribution in [-0.4, -0.2) is 87.4 Å². The number of ether oxygens (including phenoxy) is 4. The number of nitrogens with zero attached hydrogens (tertiary/aromatic N) is 1. The fraction of sp³-hybridized carbons (Fsp3) is 0.549. The number of rotatable bonds is 62. The van der Waals surface area contributed by atoms with Crippen LogP contribution in [-0.2, 0) is 33.3 Å². The monoisotopic (exact) mass is 1250 g/mol. The first-order valence-electron chi connectivity index (χ1n) is 35.2. The number of esters is 2. The van der Waals surface area contributed by atoms with Crippen molar-refractivity contribution in [3.63, 3.8) is 0 Å². The second-order valence-electron chi connectivity index (χ2n) is 23.7. The number of hydrogen-bond acceptors (Lipinski definition) is 7. The van der Waals surface area contributed by atoms with Crippen LogP contribution in [0.25, 0.3) is 0 Å². The van der Waals surface area contributed by atoms with Crippen molar-refractivity contribution < 1.29 is 42.9 Å². The van der Waals surface area contributed by atoms with Crippen molar-refractivity contribution in [2.45, 2.75) is 245 Å². The second kappa shape index (κ2) is 69.8. The van der Waals surface area contributed by atoms with Crippen molar-refractivity contribution in [3.8, 4) is 0 Å². The van der Waals surface area contributed by atoms with Gasteiger partial charge in [0.15, 0.2) is 6.10 Å². The van der Waals surface area contributed by atoms with Crippen LogP contribution in [0.15, 0.2) is 207 Å². The van der Waals surface area contributed by atoms with Gasteiger partial charge < -0.3 is 28.5 Å². The maximum Gasteiger partial charge on any atom is 0.361 e. The molecule has 0 heterocycles. The average Bonchev–Trinajstić information content (AvgIpc) is 3.50. The van der Waals surface area contributed by atoms with Gasteiger partial charge in [-0.2, -0.15) is 0 Å². The Morgan fingerprint density at radius 3 is 0.890 bits per heavy atom. The quantitative estimate of drug-likeness (QED) is 0.0211. The van der Waals surface area contributed by atoms with E-state index < -0.39 is 24.3 Å². The number of unbranched alkanes of at least 4 members (excludes halogenated alkanes) is 13. The Balaban J connectivity index is 4.29. The van der Waals surface area contributed by atoms with E-state index in [1.165, 1.54) is 38.5 Å². The third kappa shape index (κ3) is 71.2. The van der Waals surface area contributed by atoms with Crippen LogP contribution in [0.5, 0.6) is 0 Å². The van der Waals surface area contributed by atoms with E-state index in [2.05, 4.69) is 220 Å². The first kappa shape index (κ1) is 84.9. The number of carboxylic acid groups (broad SMARTS) is 1. The molecule has 0 saturated heterocycles. The first-order chi connectivity index (χ1) is 44.6. The molecule has 0 spiro atoms. The summed E-state index contributed by atoms with van der Waals surface area (Å²) in [5.41, 5.74) is 0. The van der Waals surface area contributed by atoms with E-state index in [-0.39, 0.29) is 38.6 Å². The van der Waals surface area contributed by atoms with Gasteiger partial charge in [0, 0.05) is 12.8 Å². The van der Waals surface area contributed by atoms with Gasteiger partial charge in [0.2, 0.25) is 0 Å². The van der Waals surface area contributed by atoms with Gasteiger partial charge in [-0.3, -0.25) is 9.59 Å². The summed E-state index contributed by atoms with van der Waals surface area (Å²) in [5.74, 6) is -2.08. The highest BCUT2D eigenvalue weighted by Crippen LogP contribution is 2.14. The van der Waals surface area contributed by atoms with Gasteiger partial charge in [0.25, 0.3) is 6.29 Å². The lowest BCUT2D eigenvalue weighted by Crippen LogP contribution is -2.40. The largest absolute Gasteiger partial charge is 0.477 e.